The number of aryl methyl sites for hydroxylation is 1. The molecule has 0 radical (unpaired) electrons. The third-order valence-corrected chi connectivity index (χ3v) is 3.15. The maximum absolute atomic E-state index is 6.05. The van der Waals surface area contributed by atoms with E-state index in [2.05, 4.69) is 37.8 Å². The number of hydrogen-bond acceptors (Lipinski definition) is 3. The van der Waals surface area contributed by atoms with E-state index in [1.54, 1.807) is 0 Å². The van der Waals surface area contributed by atoms with Gasteiger partial charge in [-0.3, -0.25) is 4.68 Å². The molecule has 0 amide bonds. The fourth-order valence-electron chi connectivity index (χ4n) is 2.18. The number of aromatic nitrogens is 2. The van der Waals surface area contributed by atoms with Crippen molar-refractivity contribution in [2.24, 2.45) is 5.73 Å². The highest BCUT2D eigenvalue weighted by Gasteiger charge is 2.10. The van der Waals surface area contributed by atoms with Gasteiger partial charge in [0.05, 0.1) is 6.20 Å². The van der Waals surface area contributed by atoms with Crippen molar-refractivity contribution in [1.82, 2.24) is 14.7 Å². The van der Waals surface area contributed by atoms with Crippen molar-refractivity contribution in [2.75, 3.05) is 13.6 Å². The first-order valence-electron chi connectivity index (χ1n) is 6.53. The molecule has 1 aromatic rings. The van der Waals surface area contributed by atoms with Crippen LogP contribution in [0.5, 0.6) is 0 Å². The number of likely N-dealkylation sites (N-methyl/N-ethyl adjacent to an activating group) is 1. The highest BCUT2D eigenvalue weighted by atomic mass is 15.3. The van der Waals surface area contributed by atoms with Crippen LogP contribution >= 0.6 is 0 Å². The molecular weight excluding hydrogens is 212 g/mol. The average molecular weight is 238 g/mol. The van der Waals surface area contributed by atoms with Crippen molar-refractivity contribution in [3.63, 3.8) is 0 Å². The smallest absolute Gasteiger partial charge is 0.0537 e. The summed E-state index contributed by atoms with van der Waals surface area (Å²) in [6, 6.07) is 0.284. The van der Waals surface area contributed by atoms with Crippen LogP contribution in [0.15, 0.2) is 6.20 Å². The lowest BCUT2D eigenvalue weighted by atomic mass is 10.1. The molecule has 4 heteroatoms. The fraction of sp³-hybridized carbons (Fsp3) is 0.769. The van der Waals surface area contributed by atoms with Crippen molar-refractivity contribution in [3.8, 4) is 0 Å². The lowest BCUT2D eigenvalue weighted by molar-refractivity contribution is 0.296. The Kier molecular flexibility index (Phi) is 5.65. The van der Waals surface area contributed by atoms with E-state index < -0.39 is 0 Å². The number of nitrogens with two attached hydrogens (primary N) is 1. The summed E-state index contributed by atoms with van der Waals surface area (Å²) in [5, 5.41) is 4.36. The molecule has 1 aromatic heterocycles. The van der Waals surface area contributed by atoms with Gasteiger partial charge in [0.15, 0.2) is 0 Å². The summed E-state index contributed by atoms with van der Waals surface area (Å²) in [6.45, 7) is 9.24. The Morgan fingerprint density at radius 2 is 2.18 bits per heavy atom. The first-order chi connectivity index (χ1) is 8.08. The Bertz CT molecular complexity index is 332. The van der Waals surface area contributed by atoms with E-state index >= 15 is 0 Å². The van der Waals surface area contributed by atoms with Gasteiger partial charge in [-0.05, 0) is 27.3 Å². The van der Waals surface area contributed by atoms with Crippen molar-refractivity contribution >= 4 is 0 Å². The van der Waals surface area contributed by atoms with E-state index in [0.29, 0.717) is 0 Å². The van der Waals surface area contributed by atoms with E-state index in [-0.39, 0.29) is 6.04 Å². The molecule has 4 nitrogen and oxygen atoms in total. The molecule has 17 heavy (non-hydrogen) atoms. The zero-order valence-corrected chi connectivity index (χ0v) is 11.6. The molecule has 0 saturated heterocycles. The predicted molar refractivity (Wildman–Crippen MR) is 71.9 cm³/mol. The summed E-state index contributed by atoms with van der Waals surface area (Å²) in [5.74, 6) is 0. The molecule has 0 unspecified atom stereocenters. The van der Waals surface area contributed by atoms with Crippen LogP contribution in [-0.2, 0) is 13.1 Å². The second-order valence-corrected chi connectivity index (χ2v) is 4.82. The predicted octanol–water partition coefficient (Wildman–Crippen LogP) is 1.77. The van der Waals surface area contributed by atoms with E-state index in [0.717, 1.165) is 32.5 Å². The molecule has 98 valence electrons. The van der Waals surface area contributed by atoms with Gasteiger partial charge in [0, 0.05) is 36.9 Å². The van der Waals surface area contributed by atoms with Gasteiger partial charge in [-0.25, -0.2) is 0 Å². The van der Waals surface area contributed by atoms with Crippen LogP contribution in [0, 0.1) is 6.92 Å². The maximum atomic E-state index is 6.05. The molecule has 0 aromatic carbocycles. The van der Waals surface area contributed by atoms with Crippen LogP contribution in [0.2, 0.25) is 0 Å². The first-order valence-corrected chi connectivity index (χ1v) is 6.53. The second kappa shape index (κ2) is 6.77. The molecule has 1 rings (SSSR count). The van der Waals surface area contributed by atoms with Gasteiger partial charge < -0.3 is 10.6 Å². The van der Waals surface area contributed by atoms with Crippen molar-refractivity contribution < 1.29 is 0 Å². The Hall–Kier alpha value is -0.870. The lowest BCUT2D eigenvalue weighted by Gasteiger charge is -2.20. The molecule has 0 aliphatic rings. The first kappa shape index (κ1) is 14.2. The number of rotatable bonds is 7. The van der Waals surface area contributed by atoms with Crippen LogP contribution in [0.25, 0.3) is 0 Å². The van der Waals surface area contributed by atoms with Crippen LogP contribution in [0.4, 0.5) is 0 Å². The molecule has 1 heterocycles. The Morgan fingerprint density at radius 1 is 1.47 bits per heavy atom. The van der Waals surface area contributed by atoms with Crippen molar-refractivity contribution in [3.05, 3.63) is 17.5 Å². The quantitative estimate of drug-likeness (QED) is 0.787. The summed E-state index contributed by atoms with van der Waals surface area (Å²) in [5.41, 5.74) is 8.62. The molecule has 0 aliphatic carbocycles. The van der Waals surface area contributed by atoms with Gasteiger partial charge in [-0.1, -0.05) is 13.3 Å². The van der Waals surface area contributed by atoms with Gasteiger partial charge in [0.25, 0.3) is 0 Å². The highest BCUT2D eigenvalue weighted by molar-refractivity contribution is 5.15. The molecule has 0 spiro atoms. The average Bonchev–Trinajstić information content (AvgIpc) is 2.60. The van der Waals surface area contributed by atoms with Crippen LogP contribution in [-0.4, -0.2) is 34.3 Å². The molecule has 0 saturated carbocycles. The normalized spacial score (nSPS) is 13.3. The summed E-state index contributed by atoms with van der Waals surface area (Å²) in [7, 11) is 2.12. The summed E-state index contributed by atoms with van der Waals surface area (Å²) in [4.78, 5) is 2.28. The van der Waals surface area contributed by atoms with Gasteiger partial charge in [0.1, 0.15) is 0 Å². The van der Waals surface area contributed by atoms with E-state index in [1.165, 1.54) is 11.3 Å². The van der Waals surface area contributed by atoms with E-state index in [1.807, 2.05) is 10.9 Å². The summed E-state index contributed by atoms with van der Waals surface area (Å²) >= 11 is 0. The zero-order chi connectivity index (χ0) is 12.8. The lowest BCUT2D eigenvalue weighted by Crippen LogP contribution is -2.34. The second-order valence-electron chi connectivity index (χ2n) is 4.82. The largest absolute Gasteiger partial charge is 0.327 e. The topological polar surface area (TPSA) is 47.1 Å². The third-order valence-electron chi connectivity index (χ3n) is 3.15. The highest BCUT2D eigenvalue weighted by Crippen LogP contribution is 2.10. The molecular formula is C13H26N4. The van der Waals surface area contributed by atoms with Crippen LogP contribution < -0.4 is 5.73 Å². The minimum absolute atomic E-state index is 0.284. The Balaban J connectivity index is 2.50. The molecule has 2 N–H and O–H groups in total. The molecule has 0 aliphatic heterocycles. The van der Waals surface area contributed by atoms with Gasteiger partial charge >= 0.3 is 0 Å². The minimum Gasteiger partial charge on any atom is -0.327 e. The van der Waals surface area contributed by atoms with Gasteiger partial charge in [-0.15, -0.1) is 0 Å². The SMILES string of the molecule is CCC[C@@H](N)CN(C)Cc1cnn(CC)c1C. The fourth-order valence-corrected chi connectivity index (χ4v) is 2.18. The molecule has 1 atom stereocenters. The monoisotopic (exact) mass is 238 g/mol. The van der Waals surface area contributed by atoms with E-state index in [4.69, 9.17) is 5.73 Å². The zero-order valence-electron chi connectivity index (χ0n) is 11.6. The van der Waals surface area contributed by atoms with Crippen LogP contribution in [0.3, 0.4) is 0 Å². The van der Waals surface area contributed by atoms with Crippen molar-refractivity contribution in [2.45, 2.75) is 52.7 Å². The van der Waals surface area contributed by atoms with Crippen LogP contribution in [0.1, 0.15) is 37.9 Å². The third kappa shape index (κ3) is 4.13. The van der Waals surface area contributed by atoms with Gasteiger partial charge in [0.2, 0.25) is 0 Å². The van der Waals surface area contributed by atoms with Gasteiger partial charge in [-0.2, -0.15) is 5.10 Å². The van der Waals surface area contributed by atoms with E-state index in [9.17, 15) is 0 Å². The molecule has 0 fully saturated rings. The maximum Gasteiger partial charge on any atom is 0.0537 e. The Morgan fingerprint density at radius 3 is 2.71 bits per heavy atom. The summed E-state index contributed by atoms with van der Waals surface area (Å²) in [6.07, 6.45) is 4.22. The molecule has 0 bridgehead atoms. The number of nitrogens with zero attached hydrogens (tertiary/aromatic N) is 3. The number of hydrogen-bond donors (Lipinski definition) is 1. The summed E-state index contributed by atoms with van der Waals surface area (Å²) < 4.78 is 2.04. The standard InChI is InChI=1S/C13H26N4/c1-5-7-13(14)10-16(4)9-12-8-15-17(6-2)11(12)3/h8,13H,5-7,9-10,14H2,1-4H3/t13-/m1/s1. The minimum atomic E-state index is 0.284. The van der Waals surface area contributed by atoms with Crippen molar-refractivity contribution in [1.29, 1.82) is 0 Å². The Labute approximate surface area is 105 Å².